The molecule has 3 N–H and O–H groups in total. The minimum Gasteiger partial charge on any atom is -0.362 e. The first-order chi connectivity index (χ1) is 7.17. The first-order valence-corrected chi connectivity index (χ1v) is 4.67. The normalized spacial score (nSPS) is 9.80. The zero-order valence-corrected chi connectivity index (χ0v) is 8.53. The summed E-state index contributed by atoms with van der Waals surface area (Å²) in [6.07, 6.45) is 0. The third kappa shape index (κ3) is 3.21. The molecule has 0 spiro atoms. The van der Waals surface area contributed by atoms with Gasteiger partial charge in [-0.2, -0.15) is 0 Å². The van der Waals surface area contributed by atoms with Gasteiger partial charge in [-0.25, -0.2) is 10.2 Å². The maximum Gasteiger partial charge on any atom is 0.253 e. The molecule has 1 aromatic rings. The molecular formula is C10H14FN3O. The molecular weight excluding hydrogens is 197 g/mol. The first-order valence-electron chi connectivity index (χ1n) is 4.67. The Morgan fingerprint density at radius 2 is 2.33 bits per heavy atom. The van der Waals surface area contributed by atoms with Crippen LogP contribution in [0.1, 0.15) is 6.92 Å². The van der Waals surface area contributed by atoms with Crippen molar-refractivity contribution in [2.75, 3.05) is 18.0 Å². The van der Waals surface area contributed by atoms with Gasteiger partial charge in [0.1, 0.15) is 5.82 Å². The van der Waals surface area contributed by atoms with E-state index in [1.165, 1.54) is 12.1 Å². The number of carbonyl (C=O) groups excluding carboxylic acids is 1. The van der Waals surface area contributed by atoms with Gasteiger partial charge in [0.05, 0.1) is 6.54 Å². The van der Waals surface area contributed by atoms with Crippen LogP contribution in [0.15, 0.2) is 24.3 Å². The van der Waals surface area contributed by atoms with E-state index < -0.39 is 0 Å². The van der Waals surface area contributed by atoms with Crippen LogP contribution in [-0.4, -0.2) is 19.0 Å². The zero-order chi connectivity index (χ0) is 11.3. The van der Waals surface area contributed by atoms with Crippen molar-refractivity contribution in [1.82, 2.24) is 5.43 Å². The number of hydrazine groups is 1. The van der Waals surface area contributed by atoms with Crippen molar-refractivity contribution in [1.29, 1.82) is 0 Å². The van der Waals surface area contributed by atoms with E-state index in [2.05, 4.69) is 0 Å². The van der Waals surface area contributed by atoms with Gasteiger partial charge >= 0.3 is 0 Å². The second kappa shape index (κ2) is 5.31. The average Bonchev–Trinajstić information content (AvgIpc) is 2.25. The fourth-order valence-electron chi connectivity index (χ4n) is 1.28. The summed E-state index contributed by atoms with van der Waals surface area (Å²) in [6.45, 7) is 2.61. The molecule has 82 valence electrons. The molecule has 0 aliphatic heterocycles. The number of halogens is 1. The van der Waals surface area contributed by atoms with Crippen LogP contribution in [0.3, 0.4) is 0 Å². The SMILES string of the molecule is CCN(CC(=O)NN)c1cccc(F)c1. The summed E-state index contributed by atoms with van der Waals surface area (Å²) in [6, 6.07) is 6.09. The number of nitrogens with zero attached hydrogens (tertiary/aromatic N) is 1. The monoisotopic (exact) mass is 211 g/mol. The Bertz CT molecular complexity index is 343. The second-order valence-electron chi connectivity index (χ2n) is 3.06. The molecule has 0 bridgehead atoms. The molecule has 1 amide bonds. The highest BCUT2D eigenvalue weighted by Gasteiger charge is 2.08. The van der Waals surface area contributed by atoms with Crippen LogP contribution in [0.2, 0.25) is 0 Å². The molecule has 0 saturated carbocycles. The molecule has 0 heterocycles. The van der Waals surface area contributed by atoms with E-state index in [1.807, 2.05) is 12.3 Å². The molecule has 0 aliphatic carbocycles. The zero-order valence-electron chi connectivity index (χ0n) is 8.53. The van der Waals surface area contributed by atoms with Crippen molar-refractivity contribution in [3.8, 4) is 0 Å². The number of hydrogen-bond acceptors (Lipinski definition) is 3. The van der Waals surface area contributed by atoms with Gasteiger partial charge in [-0.15, -0.1) is 0 Å². The quantitative estimate of drug-likeness (QED) is 0.436. The highest BCUT2D eigenvalue weighted by Crippen LogP contribution is 2.14. The van der Waals surface area contributed by atoms with E-state index in [9.17, 15) is 9.18 Å². The van der Waals surface area contributed by atoms with Crippen molar-refractivity contribution in [3.63, 3.8) is 0 Å². The molecule has 0 fully saturated rings. The van der Waals surface area contributed by atoms with E-state index in [4.69, 9.17) is 5.84 Å². The van der Waals surface area contributed by atoms with Gasteiger partial charge in [0, 0.05) is 12.2 Å². The van der Waals surface area contributed by atoms with Crippen LogP contribution in [0, 0.1) is 5.82 Å². The Kier molecular flexibility index (Phi) is 4.05. The molecule has 0 aliphatic rings. The number of hydrogen-bond donors (Lipinski definition) is 2. The Morgan fingerprint density at radius 3 is 2.87 bits per heavy atom. The lowest BCUT2D eigenvalue weighted by molar-refractivity contribution is -0.119. The Morgan fingerprint density at radius 1 is 1.60 bits per heavy atom. The summed E-state index contributed by atoms with van der Waals surface area (Å²) >= 11 is 0. The van der Waals surface area contributed by atoms with Gasteiger partial charge in [-0.05, 0) is 25.1 Å². The number of nitrogens with one attached hydrogen (secondary N) is 1. The number of amides is 1. The average molecular weight is 211 g/mol. The van der Waals surface area contributed by atoms with E-state index in [0.717, 1.165) is 0 Å². The van der Waals surface area contributed by atoms with Gasteiger partial charge in [0.15, 0.2) is 0 Å². The molecule has 1 rings (SSSR count). The van der Waals surface area contributed by atoms with Gasteiger partial charge in [0.2, 0.25) is 0 Å². The van der Waals surface area contributed by atoms with Crippen molar-refractivity contribution in [2.24, 2.45) is 5.84 Å². The number of anilines is 1. The van der Waals surface area contributed by atoms with E-state index in [1.54, 1.807) is 17.0 Å². The molecule has 0 atom stereocenters. The van der Waals surface area contributed by atoms with E-state index in [0.29, 0.717) is 12.2 Å². The van der Waals surface area contributed by atoms with Crippen molar-refractivity contribution >= 4 is 11.6 Å². The number of nitrogens with two attached hydrogens (primary N) is 1. The van der Waals surface area contributed by atoms with Crippen LogP contribution < -0.4 is 16.2 Å². The highest BCUT2D eigenvalue weighted by molar-refractivity contribution is 5.80. The van der Waals surface area contributed by atoms with Crippen LogP contribution in [0.4, 0.5) is 10.1 Å². The van der Waals surface area contributed by atoms with E-state index in [-0.39, 0.29) is 18.3 Å². The van der Waals surface area contributed by atoms with Gasteiger partial charge in [-0.1, -0.05) is 6.07 Å². The fraction of sp³-hybridized carbons (Fsp3) is 0.300. The van der Waals surface area contributed by atoms with Gasteiger partial charge in [0.25, 0.3) is 5.91 Å². The highest BCUT2D eigenvalue weighted by atomic mass is 19.1. The predicted molar refractivity (Wildman–Crippen MR) is 56.6 cm³/mol. The lowest BCUT2D eigenvalue weighted by Crippen LogP contribution is -2.40. The molecule has 0 unspecified atom stereocenters. The third-order valence-electron chi connectivity index (χ3n) is 2.05. The standard InChI is InChI=1S/C10H14FN3O/c1-2-14(7-10(15)13-12)9-5-3-4-8(11)6-9/h3-6H,2,7,12H2,1H3,(H,13,15). The first kappa shape index (κ1) is 11.5. The summed E-state index contributed by atoms with van der Waals surface area (Å²) in [5.41, 5.74) is 2.71. The molecule has 0 saturated heterocycles. The van der Waals surface area contributed by atoms with Gasteiger partial charge < -0.3 is 4.90 Å². The van der Waals surface area contributed by atoms with Crippen LogP contribution >= 0.6 is 0 Å². The summed E-state index contributed by atoms with van der Waals surface area (Å²) in [5.74, 6) is 4.36. The van der Waals surface area contributed by atoms with Crippen molar-refractivity contribution in [2.45, 2.75) is 6.92 Å². The van der Waals surface area contributed by atoms with Crippen LogP contribution in [0.25, 0.3) is 0 Å². The molecule has 5 heteroatoms. The maximum atomic E-state index is 12.9. The second-order valence-corrected chi connectivity index (χ2v) is 3.06. The molecule has 0 aromatic heterocycles. The Balaban J connectivity index is 2.78. The summed E-state index contributed by atoms with van der Waals surface area (Å²) in [4.78, 5) is 12.8. The fourth-order valence-corrected chi connectivity index (χ4v) is 1.28. The Hall–Kier alpha value is -1.62. The summed E-state index contributed by atoms with van der Waals surface area (Å²) < 4.78 is 12.9. The third-order valence-corrected chi connectivity index (χ3v) is 2.05. The summed E-state index contributed by atoms with van der Waals surface area (Å²) in [5, 5.41) is 0. The lowest BCUT2D eigenvalue weighted by Gasteiger charge is -2.21. The Labute approximate surface area is 87.8 Å². The predicted octanol–water partition coefficient (Wildman–Crippen LogP) is 0.642. The number of likely N-dealkylation sites (N-methyl/N-ethyl adjacent to an activating group) is 1. The smallest absolute Gasteiger partial charge is 0.253 e. The van der Waals surface area contributed by atoms with E-state index >= 15 is 0 Å². The molecule has 0 radical (unpaired) electrons. The van der Waals surface area contributed by atoms with Gasteiger partial charge in [-0.3, -0.25) is 10.2 Å². The largest absolute Gasteiger partial charge is 0.362 e. The van der Waals surface area contributed by atoms with Crippen molar-refractivity contribution in [3.05, 3.63) is 30.1 Å². The molecule has 4 nitrogen and oxygen atoms in total. The minimum atomic E-state index is -0.320. The van der Waals surface area contributed by atoms with Crippen molar-refractivity contribution < 1.29 is 9.18 Å². The lowest BCUT2D eigenvalue weighted by atomic mass is 10.2. The number of rotatable bonds is 4. The number of benzene rings is 1. The molecule has 15 heavy (non-hydrogen) atoms. The topological polar surface area (TPSA) is 58.4 Å². The molecule has 1 aromatic carbocycles. The minimum absolute atomic E-state index is 0.121. The number of carbonyl (C=O) groups is 1. The van der Waals surface area contributed by atoms with Crippen LogP contribution in [-0.2, 0) is 4.79 Å². The summed E-state index contributed by atoms with van der Waals surface area (Å²) in [7, 11) is 0. The van der Waals surface area contributed by atoms with Crippen LogP contribution in [0.5, 0.6) is 0 Å². The maximum absolute atomic E-state index is 12.9.